The Balaban J connectivity index is 0.000000159. The summed E-state index contributed by atoms with van der Waals surface area (Å²) in [5, 5.41) is 15.9. The van der Waals surface area contributed by atoms with Crippen LogP contribution in [0, 0.1) is 0 Å². The van der Waals surface area contributed by atoms with Crippen molar-refractivity contribution in [3.8, 4) is 22.5 Å². The number of aromatic nitrogens is 8. The average molecular weight is 673 g/mol. The third-order valence-electron chi connectivity index (χ3n) is 8.47. The first-order valence-electron chi connectivity index (χ1n) is 17.3. The van der Waals surface area contributed by atoms with E-state index in [-0.39, 0.29) is 0 Å². The second kappa shape index (κ2) is 15.4. The number of anilines is 4. The van der Waals surface area contributed by atoms with Gasteiger partial charge in [-0.3, -0.25) is 9.97 Å². The van der Waals surface area contributed by atoms with Crippen molar-refractivity contribution in [2.75, 3.05) is 10.6 Å². The van der Waals surface area contributed by atoms with Gasteiger partial charge in [0, 0.05) is 46.8 Å². The molecule has 6 heterocycles. The summed E-state index contributed by atoms with van der Waals surface area (Å²) in [5.41, 5.74) is 9.95. The summed E-state index contributed by atoms with van der Waals surface area (Å²) in [5.74, 6) is 2.09. The minimum absolute atomic E-state index is 0.349. The molecular weight excluding hydrogens is 633 g/mol. The van der Waals surface area contributed by atoms with Gasteiger partial charge in [-0.1, -0.05) is 87.9 Å². The molecule has 0 saturated heterocycles. The van der Waals surface area contributed by atoms with E-state index in [2.05, 4.69) is 75.8 Å². The van der Waals surface area contributed by atoms with E-state index in [1.165, 1.54) is 5.56 Å². The number of hydrogen-bond donors (Lipinski definition) is 2. The Hall–Kier alpha value is -6.42. The quantitative estimate of drug-likeness (QED) is 0.148. The molecule has 0 fully saturated rings. The molecule has 8 aromatic rings. The van der Waals surface area contributed by atoms with Crippen LogP contribution in [0.25, 0.3) is 33.8 Å². The summed E-state index contributed by atoms with van der Waals surface area (Å²) in [6.45, 7) is 6.51. The molecule has 0 aliphatic carbocycles. The molecule has 8 rings (SSSR count). The van der Waals surface area contributed by atoms with E-state index < -0.39 is 0 Å². The van der Waals surface area contributed by atoms with Gasteiger partial charge >= 0.3 is 0 Å². The number of nitrogens with zero attached hydrogens (tertiary/aromatic N) is 8. The third-order valence-corrected chi connectivity index (χ3v) is 8.47. The molecule has 0 bridgehead atoms. The molecule has 0 amide bonds. The molecule has 0 unspecified atom stereocenters. The van der Waals surface area contributed by atoms with Crippen molar-refractivity contribution < 1.29 is 0 Å². The number of aryl methyl sites for hydroxylation is 1. The standard InChI is InChI=1S/C21H21N5.C20H19N5/c1-2-3-8-17-14-23-26-20(24-18-11-7-12-22-15-18)13-19(25-21(17)26)16-9-5-4-6-10-16;1-14(2)17-13-22-25-19(23-16-9-6-10-21-12-16)11-18(24-20(17)25)15-7-4-3-5-8-15/h4-7,9-15,24H,2-3,8H2,1H3;3-14,23H,1-2H3. The van der Waals surface area contributed by atoms with Gasteiger partial charge in [0.2, 0.25) is 0 Å². The molecule has 0 radical (unpaired) electrons. The highest BCUT2D eigenvalue weighted by Crippen LogP contribution is 2.29. The first kappa shape index (κ1) is 33.1. The lowest BCUT2D eigenvalue weighted by atomic mass is 10.1. The molecule has 6 aromatic heterocycles. The summed E-state index contributed by atoms with van der Waals surface area (Å²) in [6.07, 6.45) is 14.2. The van der Waals surface area contributed by atoms with E-state index >= 15 is 0 Å². The predicted molar refractivity (Wildman–Crippen MR) is 205 cm³/mol. The van der Waals surface area contributed by atoms with E-state index in [0.717, 1.165) is 81.6 Å². The number of pyridine rings is 2. The van der Waals surface area contributed by atoms with Crippen LogP contribution in [-0.4, -0.2) is 39.2 Å². The number of hydrogen-bond acceptors (Lipinski definition) is 8. The highest BCUT2D eigenvalue weighted by atomic mass is 15.3. The largest absolute Gasteiger partial charge is 0.339 e. The van der Waals surface area contributed by atoms with Crippen LogP contribution in [0.2, 0.25) is 0 Å². The molecule has 0 atom stereocenters. The van der Waals surface area contributed by atoms with Gasteiger partial charge < -0.3 is 10.6 Å². The maximum atomic E-state index is 4.91. The van der Waals surface area contributed by atoms with Crippen LogP contribution in [0.3, 0.4) is 0 Å². The zero-order valence-corrected chi connectivity index (χ0v) is 29.0. The monoisotopic (exact) mass is 672 g/mol. The minimum Gasteiger partial charge on any atom is -0.339 e. The summed E-state index contributed by atoms with van der Waals surface area (Å²) >= 11 is 0. The molecular formula is C41H40N10. The number of benzene rings is 2. The summed E-state index contributed by atoms with van der Waals surface area (Å²) < 4.78 is 3.74. The Kier molecular flexibility index (Phi) is 10.0. The second-order valence-electron chi connectivity index (χ2n) is 12.5. The summed E-state index contributed by atoms with van der Waals surface area (Å²) in [4.78, 5) is 18.1. The fourth-order valence-electron chi connectivity index (χ4n) is 5.80. The van der Waals surface area contributed by atoms with Crippen LogP contribution in [0.5, 0.6) is 0 Å². The summed E-state index contributed by atoms with van der Waals surface area (Å²) in [7, 11) is 0. The Morgan fingerprint density at radius 1 is 0.608 bits per heavy atom. The molecule has 2 N–H and O–H groups in total. The van der Waals surface area contributed by atoms with E-state index in [4.69, 9.17) is 9.97 Å². The molecule has 51 heavy (non-hydrogen) atoms. The average Bonchev–Trinajstić information content (AvgIpc) is 3.81. The smallest absolute Gasteiger partial charge is 0.161 e. The van der Waals surface area contributed by atoms with Gasteiger partial charge in [-0.05, 0) is 43.0 Å². The maximum Gasteiger partial charge on any atom is 0.161 e. The van der Waals surface area contributed by atoms with Crippen LogP contribution in [-0.2, 0) is 6.42 Å². The van der Waals surface area contributed by atoms with E-state index in [1.807, 2.05) is 94.2 Å². The SMILES string of the molecule is CC(C)c1cnn2c(Nc3cccnc3)cc(-c3ccccc3)nc12.CCCCc1cnn2c(Nc3cccnc3)cc(-c3ccccc3)nc12. The Labute approximate surface area is 297 Å². The number of rotatable bonds is 10. The minimum atomic E-state index is 0.349. The van der Waals surface area contributed by atoms with Crippen LogP contribution in [0.15, 0.2) is 134 Å². The van der Waals surface area contributed by atoms with E-state index in [9.17, 15) is 0 Å². The van der Waals surface area contributed by atoms with Crippen molar-refractivity contribution in [2.45, 2.75) is 46.0 Å². The molecule has 0 aliphatic heterocycles. The molecule has 10 nitrogen and oxygen atoms in total. The zero-order chi connectivity index (χ0) is 35.0. The lowest BCUT2D eigenvalue weighted by Gasteiger charge is -2.11. The second-order valence-corrected chi connectivity index (χ2v) is 12.5. The van der Waals surface area contributed by atoms with Crippen LogP contribution in [0.4, 0.5) is 23.0 Å². The van der Waals surface area contributed by atoms with E-state index in [0.29, 0.717) is 5.92 Å². The first-order valence-corrected chi connectivity index (χ1v) is 17.3. The van der Waals surface area contributed by atoms with Crippen molar-refractivity contribution in [3.63, 3.8) is 0 Å². The van der Waals surface area contributed by atoms with Gasteiger partial charge in [-0.25, -0.2) is 9.97 Å². The molecule has 0 spiro atoms. The fraction of sp³-hybridized carbons (Fsp3) is 0.171. The van der Waals surface area contributed by atoms with Crippen LogP contribution in [0.1, 0.15) is 50.7 Å². The maximum absolute atomic E-state index is 4.91. The zero-order valence-electron chi connectivity index (χ0n) is 29.0. The molecule has 10 heteroatoms. The van der Waals surface area contributed by atoms with Crippen molar-refractivity contribution in [2.24, 2.45) is 0 Å². The Bertz CT molecular complexity index is 2320. The van der Waals surface area contributed by atoms with Gasteiger partial charge in [0.25, 0.3) is 0 Å². The molecule has 254 valence electrons. The lowest BCUT2D eigenvalue weighted by Crippen LogP contribution is -2.03. The first-order chi connectivity index (χ1) is 25.1. The van der Waals surface area contributed by atoms with Crippen molar-refractivity contribution >= 4 is 34.3 Å². The van der Waals surface area contributed by atoms with Gasteiger partial charge in [0.1, 0.15) is 11.6 Å². The predicted octanol–water partition coefficient (Wildman–Crippen LogP) is 9.54. The van der Waals surface area contributed by atoms with Crippen molar-refractivity contribution in [1.29, 1.82) is 0 Å². The van der Waals surface area contributed by atoms with Gasteiger partial charge in [0.15, 0.2) is 11.3 Å². The van der Waals surface area contributed by atoms with Crippen molar-refractivity contribution in [1.82, 2.24) is 39.2 Å². The topological polar surface area (TPSA) is 110 Å². The number of nitrogens with one attached hydrogen (secondary N) is 2. The van der Waals surface area contributed by atoms with Gasteiger partial charge in [0.05, 0.1) is 47.6 Å². The highest BCUT2D eigenvalue weighted by molar-refractivity contribution is 5.71. The van der Waals surface area contributed by atoms with Gasteiger partial charge in [-0.15, -0.1) is 0 Å². The molecule has 2 aromatic carbocycles. The van der Waals surface area contributed by atoms with E-state index in [1.54, 1.807) is 24.8 Å². The fourth-order valence-corrected chi connectivity index (χ4v) is 5.80. The number of fused-ring (bicyclic) bond motifs is 2. The molecule has 0 aliphatic rings. The van der Waals surface area contributed by atoms with Gasteiger partial charge in [-0.2, -0.15) is 19.2 Å². The normalized spacial score (nSPS) is 11.1. The Morgan fingerprint density at radius 2 is 1.14 bits per heavy atom. The molecule has 0 saturated carbocycles. The summed E-state index contributed by atoms with van der Waals surface area (Å²) in [6, 6.07) is 32.3. The van der Waals surface area contributed by atoms with Crippen LogP contribution < -0.4 is 10.6 Å². The number of unbranched alkanes of at least 4 members (excludes halogenated alkanes) is 1. The Morgan fingerprint density at radius 3 is 1.65 bits per heavy atom. The van der Waals surface area contributed by atoms with Crippen LogP contribution >= 0.6 is 0 Å². The van der Waals surface area contributed by atoms with Crippen molar-refractivity contribution in [3.05, 3.63) is 145 Å². The highest BCUT2D eigenvalue weighted by Gasteiger charge is 2.16. The lowest BCUT2D eigenvalue weighted by molar-refractivity contribution is 0.797. The third kappa shape index (κ3) is 7.60.